The fourth-order valence-corrected chi connectivity index (χ4v) is 3.03. The third-order valence-electron chi connectivity index (χ3n) is 4.27. The van der Waals surface area contributed by atoms with Crippen molar-refractivity contribution in [1.29, 1.82) is 0 Å². The molecular formula is C19H19N5O2. The molecular weight excluding hydrogens is 330 g/mol. The standard InChI is InChI=1S/C19H19N5O2/c1-3-26-18-7-5-4-6-15(18)17-12-16(20-19-21-22-23-24(17)19)13-8-10-14(25-2)11-9-13/h4-12,17H,3H2,1-2H3,(H,20,21,23)/t17-/m1/s1. The maximum Gasteiger partial charge on any atom is 0.248 e. The quantitative estimate of drug-likeness (QED) is 0.763. The zero-order chi connectivity index (χ0) is 17.9. The Labute approximate surface area is 151 Å². The van der Waals surface area contributed by atoms with E-state index in [1.54, 1.807) is 11.8 Å². The second-order valence-corrected chi connectivity index (χ2v) is 5.80. The lowest BCUT2D eigenvalue weighted by Gasteiger charge is -2.25. The minimum absolute atomic E-state index is 0.166. The van der Waals surface area contributed by atoms with Gasteiger partial charge in [0.05, 0.1) is 13.7 Å². The van der Waals surface area contributed by atoms with Crippen molar-refractivity contribution in [3.8, 4) is 11.5 Å². The number of hydrogen-bond donors (Lipinski definition) is 1. The summed E-state index contributed by atoms with van der Waals surface area (Å²) in [5.41, 5.74) is 2.97. The summed E-state index contributed by atoms with van der Waals surface area (Å²) >= 11 is 0. The predicted octanol–water partition coefficient (Wildman–Crippen LogP) is 3.14. The molecule has 3 aromatic rings. The number of methoxy groups -OCH3 is 1. The minimum atomic E-state index is -0.166. The van der Waals surface area contributed by atoms with E-state index in [4.69, 9.17) is 9.47 Å². The molecule has 0 amide bonds. The molecule has 26 heavy (non-hydrogen) atoms. The van der Waals surface area contributed by atoms with Crippen LogP contribution in [-0.2, 0) is 0 Å². The Balaban J connectivity index is 1.78. The van der Waals surface area contributed by atoms with Gasteiger partial charge in [-0.1, -0.05) is 23.3 Å². The van der Waals surface area contributed by atoms with Crippen LogP contribution in [0, 0.1) is 0 Å². The predicted molar refractivity (Wildman–Crippen MR) is 98.2 cm³/mol. The Kier molecular flexibility index (Phi) is 4.27. The average molecular weight is 349 g/mol. The lowest BCUT2D eigenvalue weighted by Crippen LogP contribution is -2.20. The highest BCUT2D eigenvalue weighted by atomic mass is 16.5. The molecule has 1 aliphatic heterocycles. The number of tetrazole rings is 1. The highest BCUT2D eigenvalue weighted by molar-refractivity contribution is 5.77. The number of benzene rings is 2. The van der Waals surface area contributed by atoms with Gasteiger partial charge in [0.2, 0.25) is 5.95 Å². The van der Waals surface area contributed by atoms with E-state index >= 15 is 0 Å². The van der Waals surface area contributed by atoms with Crippen molar-refractivity contribution in [3.63, 3.8) is 0 Å². The third-order valence-corrected chi connectivity index (χ3v) is 4.27. The number of fused-ring (bicyclic) bond motifs is 1. The zero-order valence-electron chi connectivity index (χ0n) is 14.6. The number of hydrogen-bond acceptors (Lipinski definition) is 6. The minimum Gasteiger partial charge on any atom is -0.497 e. The van der Waals surface area contributed by atoms with E-state index in [-0.39, 0.29) is 6.04 Å². The van der Waals surface area contributed by atoms with Crippen molar-refractivity contribution in [2.75, 3.05) is 19.0 Å². The molecule has 0 saturated heterocycles. The van der Waals surface area contributed by atoms with Crippen LogP contribution < -0.4 is 14.8 Å². The van der Waals surface area contributed by atoms with Crippen molar-refractivity contribution in [1.82, 2.24) is 20.2 Å². The fraction of sp³-hybridized carbons (Fsp3) is 0.211. The summed E-state index contributed by atoms with van der Waals surface area (Å²) in [6.07, 6.45) is 2.10. The molecule has 4 rings (SSSR count). The molecule has 0 bridgehead atoms. The van der Waals surface area contributed by atoms with Crippen LogP contribution >= 0.6 is 0 Å². The number of nitrogens with one attached hydrogen (secondary N) is 1. The van der Waals surface area contributed by atoms with Crippen molar-refractivity contribution in [2.24, 2.45) is 0 Å². The highest BCUT2D eigenvalue weighted by Gasteiger charge is 2.26. The van der Waals surface area contributed by atoms with Crippen molar-refractivity contribution in [3.05, 3.63) is 65.7 Å². The van der Waals surface area contributed by atoms with Crippen molar-refractivity contribution < 1.29 is 9.47 Å². The van der Waals surface area contributed by atoms with Gasteiger partial charge in [-0.2, -0.15) is 4.68 Å². The van der Waals surface area contributed by atoms with Crippen LogP contribution in [0.4, 0.5) is 5.95 Å². The topological polar surface area (TPSA) is 74.1 Å². The Morgan fingerprint density at radius 3 is 2.69 bits per heavy atom. The normalized spacial score (nSPS) is 15.6. The molecule has 1 aliphatic rings. The second kappa shape index (κ2) is 6.87. The molecule has 0 spiro atoms. The summed E-state index contributed by atoms with van der Waals surface area (Å²) in [6.45, 7) is 2.57. The molecule has 0 fully saturated rings. The number of rotatable bonds is 5. The van der Waals surface area contributed by atoms with Gasteiger partial charge in [0, 0.05) is 11.3 Å². The van der Waals surface area contributed by atoms with Crippen LogP contribution in [0.5, 0.6) is 11.5 Å². The van der Waals surface area contributed by atoms with E-state index in [9.17, 15) is 0 Å². The van der Waals surface area contributed by atoms with Gasteiger partial charge in [0.25, 0.3) is 0 Å². The molecule has 7 nitrogen and oxygen atoms in total. The number of allylic oxidation sites excluding steroid dienone is 1. The molecule has 7 heteroatoms. The Morgan fingerprint density at radius 2 is 1.92 bits per heavy atom. The van der Waals surface area contributed by atoms with E-state index in [1.165, 1.54) is 0 Å². The smallest absolute Gasteiger partial charge is 0.248 e. The van der Waals surface area contributed by atoms with Gasteiger partial charge in [-0.05, 0) is 59.3 Å². The summed E-state index contributed by atoms with van der Waals surface area (Å²) < 4.78 is 12.8. The first-order valence-electron chi connectivity index (χ1n) is 8.43. The number of ether oxygens (including phenoxy) is 2. The summed E-state index contributed by atoms with van der Waals surface area (Å²) in [5.74, 6) is 2.23. The number of para-hydroxylation sites is 1. The number of aromatic nitrogens is 4. The lowest BCUT2D eigenvalue weighted by atomic mass is 10.0. The largest absolute Gasteiger partial charge is 0.497 e. The van der Waals surface area contributed by atoms with Gasteiger partial charge in [-0.25, -0.2) is 0 Å². The Hall–Kier alpha value is -3.35. The van der Waals surface area contributed by atoms with E-state index in [1.807, 2.05) is 55.5 Å². The first-order chi connectivity index (χ1) is 12.8. The van der Waals surface area contributed by atoms with Crippen LogP contribution in [0.2, 0.25) is 0 Å². The van der Waals surface area contributed by atoms with Crippen molar-refractivity contribution in [2.45, 2.75) is 13.0 Å². The summed E-state index contributed by atoms with van der Waals surface area (Å²) in [6, 6.07) is 15.7. The monoisotopic (exact) mass is 349 g/mol. The Morgan fingerprint density at radius 1 is 1.12 bits per heavy atom. The summed E-state index contributed by atoms with van der Waals surface area (Å²) in [7, 11) is 1.65. The van der Waals surface area contributed by atoms with Gasteiger partial charge >= 0.3 is 0 Å². The van der Waals surface area contributed by atoms with E-state index in [2.05, 4.69) is 26.9 Å². The first kappa shape index (κ1) is 16.1. The lowest BCUT2D eigenvalue weighted by molar-refractivity contribution is 0.333. The molecule has 1 N–H and O–H groups in total. The maximum absolute atomic E-state index is 5.80. The molecule has 1 atom stereocenters. The fourth-order valence-electron chi connectivity index (χ4n) is 3.03. The van der Waals surface area contributed by atoms with Crippen LogP contribution in [0.25, 0.3) is 5.70 Å². The van der Waals surface area contributed by atoms with Gasteiger partial charge in [0.1, 0.15) is 17.5 Å². The molecule has 132 valence electrons. The third kappa shape index (κ3) is 2.88. The molecule has 0 aliphatic carbocycles. The van der Waals surface area contributed by atoms with Gasteiger partial charge in [0.15, 0.2) is 0 Å². The van der Waals surface area contributed by atoms with Gasteiger partial charge in [-0.3, -0.25) is 0 Å². The SMILES string of the molecule is CCOc1ccccc1[C@H]1C=C(c2ccc(OC)cc2)Nc2nnnn21. The molecule has 0 radical (unpaired) electrons. The van der Waals surface area contributed by atoms with Crippen LogP contribution in [0.3, 0.4) is 0 Å². The molecule has 2 heterocycles. The van der Waals surface area contributed by atoms with Crippen LogP contribution in [0.15, 0.2) is 54.6 Å². The molecule has 0 saturated carbocycles. The first-order valence-corrected chi connectivity index (χ1v) is 8.43. The van der Waals surface area contributed by atoms with Gasteiger partial charge in [-0.15, -0.1) is 0 Å². The maximum atomic E-state index is 5.80. The average Bonchev–Trinajstić information content (AvgIpc) is 3.17. The van der Waals surface area contributed by atoms with Gasteiger partial charge < -0.3 is 14.8 Å². The van der Waals surface area contributed by atoms with Crippen LogP contribution in [-0.4, -0.2) is 33.9 Å². The van der Waals surface area contributed by atoms with Crippen molar-refractivity contribution >= 4 is 11.6 Å². The highest BCUT2D eigenvalue weighted by Crippen LogP contribution is 2.35. The second-order valence-electron chi connectivity index (χ2n) is 5.80. The summed E-state index contributed by atoms with van der Waals surface area (Å²) in [5, 5.41) is 15.4. The number of nitrogens with zero attached hydrogens (tertiary/aromatic N) is 4. The van der Waals surface area contributed by atoms with E-state index in [0.29, 0.717) is 12.6 Å². The zero-order valence-corrected chi connectivity index (χ0v) is 14.6. The molecule has 0 unspecified atom stereocenters. The van der Waals surface area contributed by atoms with E-state index < -0.39 is 0 Å². The van der Waals surface area contributed by atoms with E-state index in [0.717, 1.165) is 28.3 Å². The molecule has 1 aromatic heterocycles. The number of anilines is 1. The van der Waals surface area contributed by atoms with Crippen LogP contribution in [0.1, 0.15) is 24.1 Å². The molecule has 2 aromatic carbocycles. The summed E-state index contributed by atoms with van der Waals surface area (Å²) in [4.78, 5) is 0. The Bertz CT molecular complexity index is 933.